The van der Waals surface area contributed by atoms with E-state index in [1.165, 1.54) is 15.8 Å². The maximum atomic E-state index is 4.55. The standard InChI is InChI=1S/C17H14N4S2/c1-21-10-12(13-5-2-3-6-15(13)21)9-18-20-17-19-14(11-23-17)16-7-4-8-22-16/h2-11H,1H3,(H,19,20)/b18-9-. The monoisotopic (exact) mass is 338 g/mol. The number of nitrogens with zero attached hydrogens (tertiary/aromatic N) is 3. The molecule has 3 heterocycles. The highest BCUT2D eigenvalue weighted by Gasteiger charge is 2.05. The quantitative estimate of drug-likeness (QED) is 0.428. The van der Waals surface area contributed by atoms with Gasteiger partial charge in [0.25, 0.3) is 0 Å². The third-order valence-corrected chi connectivity index (χ3v) is 5.21. The minimum Gasteiger partial charge on any atom is -0.350 e. The van der Waals surface area contributed by atoms with Crippen molar-refractivity contribution < 1.29 is 0 Å². The van der Waals surface area contributed by atoms with Gasteiger partial charge in [-0.25, -0.2) is 4.98 Å². The van der Waals surface area contributed by atoms with Crippen LogP contribution in [0.25, 0.3) is 21.5 Å². The fourth-order valence-electron chi connectivity index (χ4n) is 2.50. The third kappa shape index (κ3) is 2.78. The molecule has 0 bridgehead atoms. The van der Waals surface area contributed by atoms with E-state index in [0.29, 0.717) is 0 Å². The van der Waals surface area contributed by atoms with E-state index < -0.39 is 0 Å². The summed E-state index contributed by atoms with van der Waals surface area (Å²) in [5.41, 5.74) is 6.30. The first-order valence-electron chi connectivity index (χ1n) is 7.14. The van der Waals surface area contributed by atoms with E-state index in [2.05, 4.69) is 49.9 Å². The van der Waals surface area contributed by atoms with Gasteiger partial charge in [0.1, 0.15) is 0 Å². The van der Waals surface area contributed by atoms with E-state index in [-0.39, 0.29) is 0 Å². The Morgan fingerprint density at radius 1 is 1.17 bits per heavy atom. The van der Waals surface area contributed by atoms with Gasteiger partial charge < -0.3 is 4.57 Å². The fourth-order valence-corrected chi connectivity index (χ4v) is 3.92. The van der Waals surface area contributed by atoms with Crippen LogP contribution < -0.4 is 5.43 Å². The van der Waals surface area contributed by atoms with Crippen LogP contribution in [0.3, 0.4) is 0 Å². The van der Waals surface area contributed by atoms with Crippen molar-refractivity contribution in [1.82, 2.24) is 9.55 Å². The molecule has 4 rings (SSSR count). The molecule has 0 amide bonds. The molecule has 0 aliphatic rings. The SMILES string of the molecule is Cn1cc(/C=N\Nc2nc(-c3cccs3)cs2)c2ccccc21. The second-order valence-corrected chi connectivity index (χ2v) is 6.90. The first-order valence-corrected chi connectivity index (χ1v) is 8.90. The lowest BCUT2D eigenvalue weighted by molar-refractivity contribution is 0.968. The summed E-state index contributed by atoms with van der Waals surface area (Å²) in [6.45, 7) is 0. The summed E-state index contributed by atoms with van der Waals surface area (Å²) in [6, 6.07) is 12.4. The molecule has 0 aliphatic heterocycles. The van der Waals surface area contributed by atoms with E-state index in [0.717, 1.165) is 16.4 Å². The van der Waals surface area contributed by atoms with Crippen molar-refractivity contribution in [3.8, 4) is 10.6 Å². The average Bonchev–Trinajstić information content (AvgIpc) is 3.29. The summed E-state index contributed by atoms with van der Waals surface area (Å²) in [6.07, 6.45) is 3.92. The van der Waals surface area contributed by atoms with Crippen LogP contribution in [-0.2, 0) is 7.05 Å². The van der Waals surface area contributed by atoms with Gasteiger partial charge in [0.05, 0.1) is 16.8 Å². The lowest BCUT2D eigenvalue weighted by Crippen LogP contribution is -1.89. The number of aromatic nitrogens is 2. The predicted octanol–water partition coefficient (Wildman–Crippen LogP) is 4.81. The number of rotatable bonds is 4. The maximum Gasteiger partial charge on any atom is 0.203 e. The molecule has 6 heteroatoms. The highest BCUT2D eigenvalue weighted by Crippen LogP contribution is 2.28. The Balaban J connectivity index is 1.53. The van der Waals surface area contributed by atoms with Crippen LogP contribution in [0.4, 0.5) is 5.13 Å². The maximum absolute atomic E-state index is 4.55. The Kier molecular flexibility index (Phi) is 3.69. The van der Waals surface area contributed by atoms with Crippen LogP contribution in [0.5, 0.6) is 0 Å². The van der Waals surface area contributed by atoms with E-state index in [4.69, 9.17) is 0 Å². The number of hydrogen-bond acceptors (Lipinski definition) is 5. The molecule has 0 radical (unpaired) electrons. The second kappa shape index (κ2) is 5.98. The van der Waals surface area contributed by atoms with Crippen LogP contribution in [0, 0.1) is 0 Å². The molecule has 0 fully saturated rings. The zero-order valence-electron chi connectivity index (χ0n) is 12.4. The van der Waals surface area contributed by atoms with Crippen molar-refractivity contribution in [2.24, 2.45) is 12.1 Å². The number of hydrogen-bond donors (Lipinski definition) is 1. The Morgan fingerprint density at radius 3 is 2.96 bits per heavy atom. The summed E-state index contributed by atoms with van der Waals surface area (Å²) in [5, 5.41) is 10.4. The Labute approximate surface area is 141 Å². The molecule has 1 N–H and O–H groups in total. The number of hydrazone groups is 1. The van der Waals surface area contributed by atoms with E-state index in [1.807, 2.05) is 36.8 Å². The number of nitrogens with one attached hydrogen (secondary N) is 1. The molecule has 4 aromatic rings. The van der Waals surface area contributed by atoms with Crippen molar-refractivity contribution in [2.75, 3.05) is 5.43 Å². The van der Waals surface area contributed by atoms with Gasteiger partial charge in [-0.15, -0.1) is 22.7 Å². The number of para-hydroxylation sites is 1. The molecule has 114 valence electrons. The average molecular weight is 338 g/mol. The van der Waals surface area contributed by atoms with Crippen LogP contribution >= 0.6 is 22.7 Å². The Hall–Kier alpha value is -2.44. The zero-order valence-corrected chi connectivity index (χ0v) is 14.1. The summed E-state index contributed by atoms with van der Waals surface area (Å²) in [7, 11) is 2.04. The van der Waals surface area contributed by atoms with E-state index >= 15 is 0 Å². The molecular weight excluding hydrogens is 324 g/mol. The molecule has 0 saturated heterocycles. The van der Waals surface area contributed by atoms with Crippen molar-refractivity contribution in [3.05, 3.63) is 58.9 Å². The van der Waals surface area contributed by atoms with Gasteiger partial charge >= 0.3 is 0 Å². The number of thiazole rings is 1. The van der Waals surface area contributed by atoms with Crippen molar-refractivity contribution >= 4 is 44.9 Å². The van der Waals surface area contributed by atoms with Crippen LogP contribution in [0.1, 0.15) is 5.56 Å². The molecule has 1 aromatic carbocycles. The lowest BCUT2D eigenvalue weighted by atomic mass is 10.2. The number of thiophene rings is 1. The summed E-state index contributed by atoms with van der Waals surface area (Å²) in [5.74, 6) is 0. The molecular formula is C17H14N4S2. The van der Waals surface area contributed by atoms with E-state index in [1.54, 1.807) is 22.7 Å². The van der Waals surface area contributed by atoms with Gasteiger partial charge in [-0.05, 0) is 17.5 Å². The lowest BCUT2D eigenvalue weighted by Gasteiger charge is -1.94. The molecule has 23 heavy (non-hydrogen) atoms. The Morgan fingerprint density at radius 2 is 2.09 bits per heavy atom. The molecule has 0 atom stereocenters. The first kappa shape index (κ1) is 14.2. The second-order valence-electron chi connectivity index (χ2n) is 5.10. The minimum atomic E-state index is 0.796. The van der Waals surface area contributed by atoms with Crippen molar-refractivity contribution in [1.29, 1.82) is 0 Å². The van der Waals surface area contributed by atoms with Crippen molar-refractivity contribution in [2.45, 2.75) is 0 Å². The van der Waals surface area contributed by atoms with Crippen LogP contribution in [-0.4, -0.2) is 15.8 Å². The molecule has 0 spiro atoms. The van der Waals surface area contributed by atoms with Crippen LogP contribution in [0.15, 0.2) is 58.5 Å². The minimum absolute atomic E-state index is 0.796. The number of aryl methyl sites for hydroxylation is 1. The van der Waals surface area contributed by atoms with Crippen molar-refractivity contribution in [3.63, 3.8) is 0 Å². The topological polar surface area (TPSA) is 42.2 Å². The van der Waals surface area contributed by atoms with Gasteiger partial charge in [0.2, 0.25) is 5.13 Å². The van der Waals surface area contributed by atoms with Gasteiger partial charge in [0.15, 0.2) is 0 Å². The van der Waals surface area contributed by atoms with Crippen LogP contribution in [0.2, 0.25) is 0 Å². The zero-order chi connectivity index (χ0) is 15.6. The third-order valence-electron chi connectivity index (χ3n) is 3.57. The van der Waals surface area contributed by atoms with Gasteiger partial charge in [-0.1, -0.05) is 24.3 Å². The van der Waals surface area contributed by atoms with E-state index in [9.17, 15) is 0 Å². The van der Waals surface area contributed by atoms with Gasteiger partial charge in [-0.3, -0.25) is 5.43 Å². The summed E-state index contributed by atoms with van der Waals surface area (Å²) in [4.78, 5) is 5.72. The number of anilines is 1. The molecule has 0 unspecified atom stereocenters. The smallest absolute Gasteiger partial charge is 0.203 e. The first-order chi connectivity index (χ1) is 11.3. The largest absolute Gasteiger partial charge is 0.350 e. The molecule has 4 nitrogen and oxygen atoms in total. The highest BCUT2D eigenvalue weighted by molar-refractivity contribution is 7.15. The summed E-state index contributed by atoms with van der Waals surface area (Å²) < 4.78 is 2.11. The van der Waals surface area contributed by atoms with Gasteiger partial charge in [0, 0.05) is 35.1 Å². The Bertz CT molecular complexity index is 964. The molecule has 0 saturated carbocycles. The normalized spacial score (nSPS) is 11.5. The molecule has 3 aromatic heterocycles. The van der Waals surface area contributed by atoms with Gasteiger partial charge in [-0.2, -0.15) is 5.10 Å². The fraction of sp³-hybridized carbons (Fsp3) is 0.0588. The summed E-state index contributed by atoms with van der Waals surface area (Å²) >= 11 is 3.25. The number of benzene rings is 1. The predicted molar refractivity (Wildman–Crippen MR) is 99.6 cm³/mol. The molecule has 0 aliphatic carbocycles. The highest BCUT2D eigenvalue weighted by atomic mass is 32.1. The number of fused-ring (bicyclic) bond motifs is 1.